The Morgan fingerprint density at radius 3 is 2.15 bits per heavy atom. The van der Waals surface area contributed by atoms with Crippen molar-refractivity contribution in [2.24, 2.45) is 0 Å². The van der Waals surface area contributed by atoms with Crippen LogP contribution in [0.1, 0.15) is 86.0 Å². The predicted octanol–water partition coefficient (Wildman–Crippen LogP) is 8.10. The molecular weight excluding hydrogens is 496 g/mol. The van der Waals surface area contributed by atoms with Gasteiger partial charge in [0.1, 0.15) is 12.4 Å². The normalized spacial score (nSPS) is 17.9. The Hall–Kier alpha value is -2.92. The first-order valence-electron chi connectivity index (χ1n) is 15.0. The highest BCUT2D eigenvalue weighted by molar-refractivity contribution is 5.68. The summed E-state index contributed by atoms with van der Waals surface area (Å²) < 4.78 is 10.9. The summed E-state index contributed by atoms with van der Waals surface area (Å²) in [5.74, 6) is 2.09. The molecule has 0 radical (unpaired) electrons. The van der Waals surface area contributed by atoms with E-state index in [1.54, 1.807) is 0 Å². The van der Waals surface area contributed by atoms with Gasteiger partial charge in [-0.3, -0.25) is 0 Å². The van der Waals surface area contributed by atoms with E-state index < -0.39 is 6.29 Å². The molecule has 4 nitrogen and oxygen atoms in total. The molecule has 0 aliphatic heterocycles. The molecular formula is C36H46O4. The lowest BCUT2D eigenvalue weighted by Gasteiger charge is -2.29. The van der Waals surface area contributed by atoms with E-state index in [1.807, 2.05) is 12.1 Å². The second kappa shape index (κ2) is 15.2. The zero-order chi connectivity index (χ0) is 28.3. The van der Waals surface area contributed by atoms with E-state index >= 15 is 0 Å². The van der Waals surface area contributed by atoms with E-state index in [2.05, 4.69) is 75.0 Å². The summed E-state index contributed by atoms with van der Waals surface area (Å²) in [6, 6.07) is 24.6. The Bertz CT molecular complexity index is 1190. The summed E-state index contributed by atoms with van der Waals surface area (Å²) in [5.41, 5.74) is 8.43. The molecule has 4 heteroatoms. The molecule has 4 rings (SSSR count). The molecule has 0 saturated heterocycles. The Labute approximate surface area is 240 Å². The number of hydrogen-bond donors (Lipinski definition) is 2. The van der Waals surface area contributed by atoms with Gasteiger partial charge in [-0.05, 0) is 103 Å². The molecule has 214 valence electrons. The quantitative estimate of drug-likeness (QED) is 0.123. The second-order valence-corrected chi connectivity index (χ2v) is 11.2. The number of unbranched alkanes of at least 4 members (excludes halogenated alkanes) is 2. The number of ether oxygens (including phenoxy) is 2. The van der Waals surface area contributed by atoms with E-state index in [1.165, 1.54) is 84.7 Å². The molecule has 0 amide bonds. The van der Waals surface area contributed by atoms with Crippen LogP contribution in [0.4, 0.5) is 0 Å². The van der Waals surface area contributed by atoms with E-state index in [-0.39, 0.29) is 18.8 Å². The van der Waals surface area contributed by atoms with Crippen LogP contribution in [0.5, 0.6) is 5.75 Å². The van der Waals surface area contributed by atoms with Gasteiger partial charge >= 0.3 is 0 Å². The number of benzene rings is 3. The molecule has 0 bridgehead atoms. The van der Waals surface area contributed by atoms with Crippen LogP contribution < -0.4 is 4.74 Å². The average molecular weight is 543 g/mol. The van der Waals surface area contributed by atoms with Gasteiger partial charge < -0.3 is 19.7 Å². The Morgan fingerprint density at radius 1 is 0.875 bits per heavy atom. The number of aliphatic hydroxyl groups excluding tert-OH is 2. The van der Waals surface area contributed by atoms with E-state index in [0.29, 0.717) is 18.4 Å². The standard InChI is InChI=1S/C36H46O4/c1-4-5-6-7-28-8-10-29(11-9-28)30-12-14-31(15-13-30)33-18-21-35(26(2)24-33)32-16-19-34(20-17-32)39-22-23-40-36(38)27(3)25-37/h8-11,16-21,24,30-31,36-38H,3-7,12-15,22-23,25H2,1-2H3/t30?,31?,36-/m1/s1. The van der Waals surface area contributed by atoms with Gasteiger partial charge in [-0.2, -0.15) is 0 Å². The number of aliphatic hydroxyl groups is 2. The van der Waals surface area contributed by atoms with Crippen molar-refractivity contribution >= 4 is 0 Å². The summed E-state index contributed by atoms with van der Waals surface area (Å²) in [5, 5.41) is 18.6. The minimum atomic E-state index is -1.17. The molecule has 1 aliphatic carbocycles. The highest BCUT2D eigenvalue weighted by Crippen LogP contribution is 2.41. The molecule has 0 unspecified atom stereocenters. The van der Waals surface area contributed by atoms with Crippen LogP contribution >= 0.6 is 0 Å². The molecule has 40 heavy (non-hydrogen) atoms. The molecule has 1 atom stereocenters. The van der Waals surface area contributed by atoms with Crippen molar-refractivity contribution in [1.29, 1.82) is 0 Å². The summed E-state index contributed by atoms with van der Waals surface area (Å²) in [4.78, 5) is 0. The summed E-state index contributed by atoms with van der Waals surface area (Å²) in [7, 11) is 0. The fourth-order valence-corrected chi connectivity index (χ4v) is 5.81. The highest BCUT2D eigenvalue weighted by atomic mass is 16.6. The maximum atomic E-state index is 9.66. The third kappa shape index (κ3) is 8.30. The maximum absolute atomic E-state index is 9.66. The average Bonchev–Trinajstić information content (AvgIpc) is 2.99. The van der Waals surface area contributed by atoms with Crippen molar-refractivity contribution in [3.05, 3.63) is 101 Å². The van der Waals surface area contributed by atoms with Gasteiger partial charge in [0.25, 0.3) is 0 Å². The molecule has 1 aliphatic rings. The van der Waals surface area contributed by atoms with Crippen molar-refractivity contribution in [2.75, 3.05) is 19.8 Å². The van der Waals surface area contributed by atoms with E-state index in [4.69, 9.17) is 14.6 Å². The summed E-state index contributed by atoms with van der Waals surface area (Å²) in [6.07, 6.45) is 8.97. The molecule has 1 fully saturated rings. The Morgan fingerprint density at radius 2 is 1.52 bits per heavy atom. The van der Waals surface area contributed by atoms with E-state index in [0.717, 1.165) is 5.75 Å². The zero-order valence-corrected chi connectivity index (χ0v) is 24.3. The van der Waals surface area contributed by atoms with Crippen LogP contribution in [0, 0.1) is 6.92 Å². The molecule has 3 aromatic rings. The first-order chi connectivity index (χ1) is 19.5. The number of rotatable bonds is 14. The minimum absolute atomic E-state index is 0.204. The van der Waals surface area contributed by atoms with Gasteiger partial charge in [-0.15, -0.1) is 0 Å². The monoisotopic (exact) mass is 542 g/mol. The highest BCUT2D eigenvalue weighted by Gasteiger charge is 2.24. The van der Waals surface area contributed by atoms with Gasteiger partial charge in [-0.25, -0.2) is 0 Å². The van der Waals surface area contributed by atoms with Crippen molar-refractivity contribution in [1.82, 2.24) is 0 Å². The lowest BCUT2D eigenvalue weighted by molar-refractivity contribution is -0.0830. The largest absolute Gasteiger partial charge is 0.491 e. The van der Waals surface area contributed by atoms with Gasteiger partial charge in [0.15, 0.2) is 6.29 Å². The Kier molecular flexibility index (Phi) is 11.4. The third-order valence-corrected chi connectivity index (χ3v) is 8.31. The second-order valence-electron chi connectivity index (χ2n) is 11.2. The van der Waals surface area contributed by atoms with Crippen molar-refractivity contribution in [3.8, 4) is 16.9 Å². The van der Waals surface area contributed by atoms with Crippen LogP contribution in [0.25, 0.3) is 11.1 Å². The van der Waals surface area contributed by atoms with Gasteiger partial charge in [0.05, 0.1) is 13.2 Å². The van der Waals surface area contributed by atoms with Crippen molar-refractivity contribution in [3.63, 3.8) is 0 Å². The minimum Gasteiger partial charge on any atom is -0.491 e. The van der Waals surface area contributed by atoms with Crippen molar-refractivity contribution in [2.45, 2.75) is 83.3 Å². The van der Waals surface area contributed by atoms with Crippen LogP contribution in [0.3, 0.4) is 0 Å². The first kappa shape index (κ1) is 30.0. The topological polar surface area (TPSA) is 58.9 Å². The molecule has 0 aromatic heterocycles. The predicted molar refractivity (Wildman–Crippen MR) is 164 cm³/mol. The zero-order valence-electron chi connectivity index (χ0n) is 24.3. The number of aryl methyl sites for hydroxylation is 2. The van der Waals surface area contributed by atoms with Gasteiger partial charge in [-0.1, -0.05) is 80.9 Å². The fraction of sp³-hybridized carbons (Fsp3) is 0.444. The number of hydrogen-bond acceptors (Lipinski definition) is 4. The van der Waals surface area contributed by atoms with Crippen molar-refractivity contribution < 1.29 is 19.7 Å². The first-order valence-corrected chi connectivity index (χ1v) is 15.0. The lowest BCUT2D eigenvalue weighted by atomic mass is 9.75. The van der Waals surface area contributed by atoms with Crippen LogP contribution in [0.15, 0.2) is 78.9 Å². The SMILES string of the molecule is C=C(CO)[C@H](O)OCCOc1ccc(-c2ccc(C3CCC(c4ccc(CCCCC)cc4)CC3)cc2C)cc1. The third-order valence-electron chi connectivity index (χ3n) is 8.31. The molecule has 2 N–H and O–H groups in total. The molecule has 0 heterocycles. The molecule has 1 saturated carbocycles. The van der Waals surface area contributed by atoms with Crippen LogP contribution in [-0.4, -0.2) is 36.3 Å². The van der Waals surface area contributed by atoms with E-state index in [9.17, 15) is 5.11 Å². The fourth-order valence-electron chi connectivity index (χ4n) is 5.81. The van der Waals surface area contributed by atoms with Crippen LogP contribution in [-0.2, 0) is 11.2 Å². The van der Waals surface area contributed by atoms with Crippen LogP contribution in [0.2, 0.25) is 0 Å². The van der Waals surface area contributed by atoms with Gasteiger partial charge in [0, 0.05) is 5.57 Å². The summed E-state index contributed by atoms with van der Waals surface area (Å²) >= 11 is 0. The lowest BCUT2D eigenvalue weighted by Crippen LogP contribution is -2.20. The summed E-state index contributed by atoms with van der Waals surface area (Å²) in [6.45, 7) is 8.22. The Balaban J connectivity index is 1.27. The molecule has 3 aromatic carbocycles. The molecule has 0 spiro atoms. The maximum Gasteiger partial charge on any atom is 0.179 e. The smallest absolute Gasteiger partial charge is 0.179 e. The van der Waals surface area contributed by atoms with Gasteiger partial charge in [0.2, 0.25) is 0 Å².